The van der Waals surface area contributed by atoms with Crippen molar-refractivity contribution in [1.82, 2.24) is 20.2 Å². The summed E-state index contributed by atoms with van der Waals surface area (Å²) in [6.45, 7) is 0.206. The zero-order valence-corrected chi connectivity index (χ0v) is 19.6. The number of nitrogens with zero attached hydrogens (tertiary/aromatic N) is 4. The van der Waals surface area contributed by atoms with Gasteiger partial charge in [0.15, 0.2) is 5.82 Å². The van der Waals surface area contributed by atoms with E-state index in [-0.39, 0.29) is 12.4 Å². The number of thiophene rings is 1. The predicted molar refractivity (Wildman–Crippen MR) is 135 cm³/mol. The smallest absolute Gasteiger partial charge is 0.151 e. The fourth-order valence-electron chi connectivity index (χ4n) is 3.16. The van der Waals surface area contributed by atoms with Crippen LogP contribution >= 0.6 is 22.9 Å². The number of aromatic nitrogens is 4. The Kier molecular flexibility index (Phi) is 6.39. The molecule has 5 rings (SSSR count). The minimum Gasteiger partial charge on any atom is -0.487 e. The molecule has 0 bridgehead atoms. The summed E-state index contributed by atoms with van der Waals surface area (Å²) in [6.07, 6.45) is 1.48. The zero-order chi connectivity index (χ0) is 24.2. The van der Waals surface area contributed by atoms with Crippen molar-refractivity contribution in [2.24, 2.45) is 0 Å². The lowest BCUT2D eigenvalue weighted by Gasteiger charge is -2.11. The van der Waals surface area contributed by atoms with E-state index in [0.717, 1.165) is 20.8 Å². The first kappa shape index (κ1) is 22.5. The lowest BCUT2D eigenvalue weighted by atomic mass is 10.2. The number of hydrogen-bond donors (Lipinski definition) is 2. The second-order valence-electron chi connectivity index (χ2n) is 7.33. The average molecular weight is 503 g/mol. The third-order valence-electron chi connectivity index (χ3n) is 4.79. The van der Waals surface area contributed by atoms with Crippen molar-refractivity contribution in [2.75, 3.05) is 11.1 Å². The molecule has 0 unspecified atom stereocenters. The number of nitrogens with one attached hydrogen (secondary N) is 1. The number of benzene rings is 2. The number of fused-ring (bicyclic) bond motifs is 1. The molecule has 0 saturated heterocycles. The van der Waals surface area contributed by atoms with E-state index in [9.17, 15) is 4.39 Å². The second-order valence-corrected chi connectivity index (χ2v) is 8.79. The molecule has 7 nitrogen and oxygen atoms in total. The molecule has 0 amide bonds. The lowest BCUT2D eigenvalue weighted by Crippen LogP contribution is -1.98. The van der Waals surface area contributed by atoms with E-state index < -0.39 is 0 Å². The number of nitrogens with two attached hydrogens (primary N) is 1. The minimum absolute atomic E-state index is 0.206. The summed E-state index contributed by atoms with van der Waals surface area (Å²) in [5, 5.41) is 11.4. The van der Waals surface area contributed by atoms with Crippen LogP contribution in [0.2, 0.25) is 5.02 Å². The number of ether oxygens (including phenoxy) is 1. The molecule has 3 N–H and O–H groups in total. The standard InChI is InChI=1S/C25H16ClFN6OS/c26-20-11-18(5-8-22(20)34-13-15-2-1-3-16(27)10-15)31-25-24-21(29-14-30-25)12-19(35-24)7-4-17-6-9-23(28)33-32-17/h1-3,5-6,8-12,14H,13H2,(H2,28,33)(H,29,30,31). The highest BCUT2D eigenvalue weighted by atomic mass is 35.5. The third kappa shape index (κ3) is 5.46. The SMILES string of the molecule is Nc1ccc(C#Cc2cc3ncnc(Nc4ccc(OCc5cccc(F)c5)c(Cl)c4)c3s2)nn1. The second kappa shape index (κ2) is 9.93. The summed E-state index contributed by atoms with van der Waals surface area (Å²) < 4.78 is 20.0. The van der Waals surface area contributed by atoms with Gasteiger partial charge >= 0.3 is 0 Å². The Morgan fingerprint density at radius 3 is 2.74 bits per heavy atom. The fraction of sp³-hybridized carbons (Fsp3) is 0.0400. The first-order valence-electron chi connectivity index (χ1n) is 10.3. The fourth-order valence-corrected chi connectivity index (χ4v) is 4.30. The molecule has 2 aromatic carbocycles. The Hall–Kier alpha value is -4.26. The van der Waals surface area contributed by atoms with Crippen molar-refractivity contribution in [1.29, 1.82) is 0 Å². The maximum atomic E-state index is 13.4. The van der Waals surface area contributed by atoms with Crippen molar-refractivity contribution in [3.8, 4) is 17.6 Å². The minimum atomic E-state index is -0.311. The van der Waals surface area contributed by atoms with Crippen LogP contribution in [0.1, 0.15) is 16.1 Å². The maximum Gasteiger partial charge on any atom is 0.151 e. The lowest BCUT2D eigenvalue weighted by molar-refractivity contribution is 0.306. The number of halogens is 2. The maximum absolute atomic E-state index is 13.4. The Labute approximate surface area is 208 Å². The number of anilines is 3. The molecule has 5 aromatic rings. The molecule has 0 atom stereocenters. The molecular weight excluding hydrogens is 487 g/mol. The summed E-state index contributed by atoms with van der Waals surface area (Å²) in [4.78, 5) is 9.52. The van der Waals surface area contributed by atoms with Gasteiger partial charge in [0.05, 0.1) is 20.1 Å². The third-order valence-corrected chi connectivity index (χ3v) is 6.13. The summed E-state index contributed by atoms with van der Waals surface area (Å²) >= 11 is 7.88. The van der Waals surface area contributed by atoms with Crippen LogP contribution in [0.4, 0.5) is 21.7 Å². The normalized spacial score (nSPS) is 10.6. The molecule has 0 aliphatic rings. The summed E-state index contributed by atoms with van der Waals surface area (Å²) in [6, 6.07) is 16.8. The van der Waals surface area contributed by atoms with Crippen LogP contribution in [0.5, 0.6) is 5.75 Å². The van der Waals surface area contributed by atoms with Gasteiger partial charge in [0.25, 0.3) is 0 Å². The quantitative estimate of drug-likeness (QED) is 0.303. The Bertz CT molecular complexity index is 1580. The highest BCUT2D eigenvalue weighted by Crippen LogP contribution is 2.33. The molecule has 172 valence electrons. The van der Waals surface area contributed by atoms with E-state index in [1.54, 1.807) is 36.4 Å². The Morgan fingerprint density at radius 2 is 1.94 bits per heavy atom. The van der Waals surface area contributed by atoms with E-state index >= 15 is 0 Å². The number of hydrogen-bond acceptors (Lipinski definition) is 8. The van der Waals surface area contributed by atoms with E-state index in [2.05, 4.69) is 37.3 Å². The molecule has 0 aliphatic heterocycles. The van der Waals surface area contributed by atoms with E-state index in [1.165, 1.54) is 29.8 Å². The van der Waals surface area contributed by atoms with Gasteiger partial charge in [-0.1, -0.05) is 23.7 Å². The van der Waals surface area contributed by atoms with Gasteiger partial charge < -0.3 is 15.8 Å². The molecule has 35 heavy (non-hydrogen) atoms. The van der Waals surface area contributed by atoms with Gasteiger partial charge in [0.1, 0.15) is 36.0 Å². The van der Waals surface area contributed by atoms with Crippen LogP contribution in [0.3, 0.4) is 0 Å². The largest absolute Gasteiger partial charge is 0.487 e. The summed E-state index contributed by atoms with van der Waals surface area (Å²) in [5.41, 5.74) is 8.29. The van der Waals surface area contributed by atoms with Crippen LogP contribution in [-0.2, 0) is 6.61 Å². The summed E-state index contributed by atoms with van der Waals surface area (Å²) in [5.74, 6) is 7.20. The first-order valence-corrected chi connectivity index (χ1v) is 11.5. The highest BCUT2D eigenvalue weighted by molar-refractivity contribution is 7.20. The number of rotatable bonds is 5. The average Bonchev–Trinajstić information content (AvgIpc) is 3.28. The van der Waals surface area contributed by atoms with Gasteiger partial charge in [-0.25, -0.2) is 14.4 Å². The molecular formula is C25H16ClFN6OS. The topological polar surface area (TPSA) is 98.8 Å². The molecule has 10 heteroatoms. The monoisotopic (exact) mass is 502 g/mol. The van der Waals surface area contributed by atoms with Gasteiger partial charge in [-0.2, -0.15) is 0 Å². The van der Waals surface area contributed by atoms with Gasteiger partial charge in [0, 0.05) is 5.69 Å². The molecule has 0 radical (unpaired) electrons. The van der Waals surface area contributed by atoms with Crippen LogP contribution in [0.15, 0.2) is 67.0 Å². The van der Waals surface area contributed by atoms with Gasteiger partial charge in [-0.05, 0) is 65.9 Å². The zero-order valence-electron chi connectivity index (χ0n) is 18.0. The van der Waals surface area contributed by atoms with E-state index in [0.29, 0.717) is 33.7 Å². The van der Waals surface area contributed by atoms with Crippen molar-refractivity contribution in [3.05, 3.63) is 94.0 Å². The number of nitrogen functional groups attached to an aromatic ring is 1. The molecule has 3 aromatic heterocycles. The molecule has 0 spiro atoms. The predicted octanol–water partition coefficient (Wildman–Crippen LogP) is 5.58. The van der Waals surface area contributed by atoms with Crippen molar-refractivity contribution < 1.29 is 9.13 Å². The van der Waals surface area contributed by atoms with Gasteiger partial charge in [-0.3, -0.25) is 0 Å². The van der Waals surface area contributed by atoms with Gasteiger partial charge in [0.2, 0.25) is 0 Å². The molecule has 3 heterocycles. The highest BCUT2D eigenvalue weighted by Gasteiger charge is 2.10. The van der Waals surface area contributed by atoms with E-state index in [1.807, 2.05) is 12.1 Å². The van der Waals surface area contributed by atoms with Crippen LogP contribution < -0.4 is 15.8 Å². The van der Waals surface area contributed by atoms with Crippen LogP contribution in [0.25, 0.3) is 10.2 Å². The van der Waals surface area contributed by atoms with Crippen LogP contribution in [-0.4, -0.2) is 20.2 Å². The van der Waals surface area contributed by atoms with Crippen molar-refractivity contribution in [2.45, 2.75) is 6.61 Å². The first-order chi connectivity index (χ1) is 17.0. The van der Waals surface area contributed by atoms with Gasteiger partial charge in [-0.15, -0.1) is 21.5 Å². The Morgan fingerprint density at radius 1 is 1.03 bits per heavy atom. The van der Waals surface area contributed by atoms with Crippen molar-refractivity contribution in [3.63, 3.8) is 0 Å². The summed E-state index contributed by atoms with van der Waals surface area (Å²) in [7, 11) is 0. The Balaban J connectivity index is 1.33. The van der Waals surface area contributed by atoms with Crippen LogP contribution in [0, 0.1) is 17.7 Å². The molecule has 0 fully saturated rings. The molecule has 0 aliphatic carbocycles. The van der Waals surface area contributed by atoms with Crippen molar-refractivity contribution >= 4 is 50.5 Å². The molecule has 0 saturated carbocycles. The van der Waals surface area contributed by atoms with E-state index in [4.69, 9.17) is 22.1 Å².